The molecule has 22 heavy (non-hydrogen) atoms. The Morgan fingerprint density at radius 2 is 1.95 bits per heavy atom. The Morgan fingerprint density at radius 1 is 1.18 bits per heavy atom. The Hall–Kier alpha value is -1.97. The van der Waals surface area contributed by atoms with E-state index in [1.165, 1.54) is 12.8 Å². The van der Waals surface area contributed by atoms with Crippen LogP contribution in [-0.2, 0) is 4.79 Å². The number of allylic oxidation sites excluding steroid dienone is 1. The number of aliphatic carboxylic acids is 1. The van der Waals surface area contributed by atoms with E-state index in [4.69, 9.17) is 14.6 Å². The summed E-state index contributed by atoms with van der Waals surface area (Å²) in [4.78, 5) is 11.1. The first kappa shape index (κ1) is 14.9. The van der Waals surface area contributed by atoms with Crippen LogP contribution in [0.1, 0.15) is 50.0 Å². The van der Waals surface area contributed by atoms with Gasteiger partial charge in [0.2, 0.25) is 0 Å². The van der Waals surface area contributed by atoms with Crippen LogP contribution >= 0.6 is 0 Å². The lowest BCUT2D eigenvalue weighted by Gasteiger charge is -2.18. The van der Waals surface area contributed by atoms with E-state index in [2.05, 4.69) is 0 Å². The molecule has 4 nitrogen and oxygen atoms in total. The van der Waals surface area contributed by atoms with Gasteiger partial charge in [0, 0.05) is 11.5 Å². The molecule has 0 spiro atoms. The van der Waals surface area contributed by atoms with Gasteiger partial charge in [-0.3, -0.25) is 0 Å². The number of carboxylic acid groups (broad SMARTS) is 1. The van der Waals surface area contributed by atoms with E-state index < -0.39 is 5.97 Å². The Labute approximate surface area is 130 Å². The molecule has 1 unspecified atom stereocenters. The average molecular weight is 302 g/mol. The Balaban J connectivity index is 1.82. The first-order valence-electron chi connectivity index (χ1n) is 7.96. The second-order valence-corrected chi connectivity index (χ2v) is 6.08. The summed E-state index contributed by atoms with van der Waals surface area (Å²) in [5.74, 6) is 0.876. The molecule has 2 aliphatic rings. The highest BCUT2D eigenvalue weighted by molar-refractivity contribution is 5.87. The molecule has 0 radical (unpaired) electrons. The summed E-state index contributed by atoms with van der Waals surface area (Å²) < 4.78 is 11.5. The normalized spacial score (nSPS) is 21.7. The number of rotatable bonds is 5. The van der Waals surface area contributed by atoms with Crippen molar-refractivity contribution in [1.29, 1.82) is 0 Å². The molecule has 1 aromatic rings. The summed E-state index contributed by atoms with van der Waals surface area (Å²) in [6.45, 7) is 0. The second-order valence-electron chi connectivity index (χ2n) is 6.08. The van der Waals surface area contributed by atoms with Crippen molar-refractivity contribution in [3.63, 3.8) is 0 Å². The van der Waals surface area contributed by atoms with Crippen molar-refractivity contribution in [2.75, 3.05) is 7.11 Å². The Bertz CT molecular complexity index is 585. The minimum absolute atomic E-state index is 0.155. The number of methoxy groups -OCH3 is 1. The third kappa shape index (κ3) is 3.11. The smallest absolute Gasteiger partial charge is 0.331 e. The fourth-order valence-electron chi connectivity index (χ4n) is 3.36. The van der Waals surface area contributed by atoms with Crippen molar-refractivity contribution in [2.45, 2.75) is 50.5 Å². The zero-order valence-corrected chi connectivity index (χ0v) is 12.9. The fourth-order valence-corrected chi connectivity index (χ4v) is 3.36. The van der Waals surface area contributed by atoms with E-state index >= 15 is 0 Å². The van der Waals surface area contributed by atoms with Gasteiger partial charge >= 0.3 is 5.97 Å². The first-order chi connectivity index (χ1) is 10.7. The number of carbonyl (C=O) groups is 1. The molecule has 0 saturated heterocycles. The lowest BCUT2D eigenvalue weighted by molar-refractivity contribution is -0.132. The molecular weight excluding hydrogens is 280 g/mol. The summed E-state index contributed by atoms with van der Waals surface area (Å²) in [7, 11) is 1.65. The van der Waals surface area contributed by atoms with Crippen LogP contribution in [0.25, 0.3) is 0 Å². The maximum absolute atomic E-state index is 11.1. The van der Waals surface area contributed by atoms with E-state index in [-0.39, 0.29) is 12.0 Å². The van der Waals surface area contributed by atoms with E-state index in [1.54, 1.807) is 7.11 Å². The van der Waals surface area contributed by atoms with Crippen LogP contribution in [0.4, 0.5) is 0 Å². The summed E-state index contributed by atoms with van der Waals surface area (Å²) >= 11 is 0. The Kier molecular flexibility index (Phi) is 4.36. The van der Waals surface area contributed by atoms with Gasteiger partial charge in [-0.2, -0.15) is 0 Å². The van der Waals surface area contributed by atoms with Crippen LogP contribution in [-0.4, -0.2) is 24.3 Å². The maximum Gasteiger partial charge on any atom is 0.331 e. The highest BCUT2D eigenvalue weighted by Gasteiger charge is 2.24. The summed E-state index contributed by atoms with van der Waals surface area (Å²) in [6, 6.07) is 5.95. The molecule has 0 heterocycles. The molecule has 1 aromatic carbocycles. The number of carboxylic acids is 1. The topological polar surface area (TPSA) is 55.8 Å². The number of hydrogen-bond acceptors (Lipinski definition) is 3. The molecule has 0 amide bonds. The largest absolute Gasteiger partial charge is 0.493 e. The zero-order chi connectivity index (χ0) is 15.5. The minimum atomic E-state index is -0.807. The highest BCUT2D eigenvalue weighted by atomic mass is 16.5. The fraction of sp³-hybridized carbons (Fsp3) is 0.500. The predicted molar refractivity (Wildman–Crippen MR) is 83.6 cm³/mol. The van der Waals surface area contributed by atoms with Gasteiger partial charge in [-0.25, -0.2) is 4.79 Å². The van der Waals surface area contributed by atoms with Gasteiger partial charge in [-0.05, 0) is 56.2 Å². The third-order valence-corrected chi connectivity index (χ3v) is 4.61. The third-order valence-electron chi connectivity index (χ3n) is 4.61. The lowest BCUT2D eigenvalue weighted by atomic mass is 9.98. The quantitative estimate of drug-likeness (QED) is 0.896. The van der Waals surface area contributed by atoms with Crippen molar-refractivity contribution < 1.29 is 19.4 Å². The molecule has 0 bridgehead atoms. The molecule has 0 aliphatic heterocycles. The molecule has 118 valence electrons. The van der Waals surface area contributed by atoms with Gasteiger partial charge < -0.3 is 14.6 Å². The van der Waals surface area contributed by atoms with Crippen LogP contribution in [0.5, 0.6) is 11.5 Å². The predicted octanol–water partition coefficient (Wildman–Crippen LogP) is 3.91. The van der Waals surface area contributed by atoms with Crippen molar-refractivity contribution in [1.82, 2.24) is 0 Å². The van der Waals surface area contributed by atoms with E-state index in [1.807, 2.05) is 24.3 Å². The maximum atomic E-state index is 11.1. The van der Waals surface area contributed by atoms with Crippen molar-refractivity contribution in [3.05, 3.63) is 35.4 Å². The Morgan fingerprint density at radius 3 is 2.59 bits per heavy atom. The molecule has 1 N–H and O–H groups in total. The molecule has 3 rings (SSSR count). The zero-order valence-electron chi connectivity index (χ0n) is 12.9. The van der Waals surface area contributed by atoms with Gasteiger partial charge in [-0.15, -0.1) is 0 Å². The van der Waals surface area contributed by atoms with Gasteiger partial charge in [0.15, 0.2) is 11.5 Å². The van der Waals surface area contributed by atoms with Crippen molar-refractivity contribution in [2.24, 2.45) is 0 Å². The van der Waals surface area contributed by atoms with Crippen LogP contribution < -0.4 is 9.47 Å². The van der Waals surface area contributed by atoms with Crippen LogP contribution in [0.2, 0.25) is 0 Å². The SMILES string of the molecule is COc1ccc(C2C=C(C(=O)O)CC2)cc1OC1CCCC1. The molecule has 0 aromatic heterocycles. The van der Waals surface area contributed by atoms with Crippen molar-refractivity contribution in [3.8, 4) is 11.5 Å². The minimum Gasteiger partial charge on any atom is -0.493 e. The number of ether oxygens (including phenoxy) is 2. The molecule has 4 heteroatoms. The number of benzene rings is 1. The van der Waals surface area contributed by atoms with Crippen molar-refractivity contribution >= 4 is 5.97 Å². The summed E-state index contributed by atoms with van der Waals surface area (Å²) in [5.41, 5.74) is 1.61. The molecule has 1 saturated carbocycles. The van der Waals surface area contributed by atoms with Crippen LogP contribution in [0.3, 0.4) is 0 Å². The van der Waals surface area contributed by atoms with E-state index in [0.717, 1.165) is 36.3 Å². The molecule has 1 atom stereocenters. The van der Waals surface area contributed by atoms with Crippen LogP contribution in [0.15, 0.2) is 29.8 Å². The lowest BCUT2D eigenvalue weighted by Crippen LogP contribution is -2.12. The number of hydrogen-bond donors (Lipinski definition) is 1. The van der Waals surface area contributed by atoms with E-state index in [0.29, 0.717) is 12.0 Å². The van der Waals surface area contributed by atoms with E-state index in [9.17, 15) is 4.79 Å². The van der Waals surface area contributed by atoms with Gasteiger partial charge in [0.25, 0.3) is 0 Å². The standard InChI is InChI=1S/C18H22O4/c1-21-16-9-8-13(12-6-7-14(10-12)18(19)20)11-17(16)22-15-4-2-3-5-15/h8-12,15H,2-7H2,1H3,(H,19,20). The summed E-state index contributed by atoms with van der Waals surface area (Å²) in [5, 5.41) is 9.09. The van der Waals surface area contributed by atoms with Gasteiger partial charge in [-0.1, -0.05) is 12.1 Å². The monoisotopic (exact) mass is 302 g/mol. The van der Waals surface area contributed by atoms with Crippen LogP contribution in [0, 0.1) is 0 Å². The first-order valence-corrected chi connectivity index (χ1v) is 7.96. The van der Waals surface area contributed by atoms with Gasteiger partial charge in [0.1, 0.15) is 0 Å². The highest BCUT2D eigenvalue weighted by Crippen LogP contribution is 2.38. The molecular formula is C18H22O4. The average Bonchev–Trinajstić information content (AvgIpc) is 3.18. The summed E-state index contributed by atoms with van der Waals surface area (Å²) in [6.07, 6.45) is 8.25. The molecule has 1 fully saturated rings. The molecule has 2 aliphatic carbocycles. The second kappa shape index (κ2) is 6.42. The van der Waals surface area contributed by atoms with Gasteiger partial charge in [0.05, 0.1) is 13.2 Å².